The molecule has 1 aromatic carbocycles. The number of benzene rings is 1. The average molecular weight is 333 g/mol. The molecule has 0 bridgehead atoms. The lowest BCUT2D eigenvalue weighted by Gasteiger charge is -2.19. The number of carbonyl (C=O) groups is 1. The van der Waals surface area contributed by atoms with Gasteiger partial charge in [0.25, 0.3) is 0 Å². The van der Waals surface area contributed by atoms with Crippen molar-refractivity contribution in [1.29, 1.82) is 0 Å². The number of rotatable bonds is 13. The summed E-state index contributed by atoms with van der Waals surface area (Å²) in [5, 5.41) is 0. The molecule has 0 saturated carbocycles. The van der Waals surface area contributed by atoms with E-state index in [9.17, 15) is 4.79 Å². The quantitative estimate of drug-likeness (QED) is 0.296. The number of hydrogen-bond donors (Lipinski definition) is 0. The lowest BCUT2D eigenvalue weighted by Crippen LogP contribution is -2.19. The fourth-order valence-electron chi connectivity index (χ4n) is 3.10. The molecule has 0 aromatic heterocycles. The highest BCUT2D eigenvalue weighted by Crippen LogP contribution is 2.19. The van der Waals surface area contributed by atoms with Crippen LogP contribution in [0.4, 0.5) is 0 Å². The predicted molar refractivity (Wildman–Crippen MR) is 103 cm³/mol. The van der Waals surface area contributed by atoms with Crippen LogP contribution in [0.1, 0.15) is 101 Å². The minimum atomic E-state index is -0.137. The van der Waals surface area contributed by atoms with Crippen molar-refractivity contribution in [1.82, 2.24) is 0 Å². The Hall–Kier alpha value is -1.31. The topological polar surface area (TPSA) is 26.3 Å². The third-order valence-electron chi connectivity index (χ3n) is 4.65. The molecule has 1 rings (SSSR count). The maximum atomic E-state index is 12.6. The molecule has 0 N–H and O–H groups in total. The number of esters is 1. The van der Waals surface area contributed by atoms with Crippen LogP contribution in [0.25, 0.3) is 0 Å². The van der Waals surface area contributed by atoms with E-state index >= 15 is 0 Å². The van der Waals surface area contributed by atoms with Crippen LogP contribution >= 0.6 is 0 Å². The maximum absolute atomic E-state index is 12.6. The predicted octanol–water partition coefficient (Wildman–Crippen LogP) is 6.72. The average Bonchev–Trinajstić information content (AvgIpc) is 2.61. The van der Waals surface area contributed by atoms with E-state index in [1.165, 1.54) is 44.9 Å². The molecule has 136 valence electrons. The SMILES string of the molecule is CCCCCCCC(CCCCC)OC(=O)c1ccccc1CC. The van der Waals surface area contributed by atoms with Crippen LogP contribution in [-0.4, -0.2) is 12.1 Å². The molecule has 0 aliphatic rings. The Morgan fingerprint density at radius 2 is 1.46 bits per heavy atom. The second-order valence-electron chi connectivity index (χ2n) is 6.74. The van der Waals surface area contributed by atoms with Gasteiger partial charge in [0.2, 0.25) is 0 Å². The number of carbonyl (C=O) groups excluding carboxylic acids is 1. The summed E-state index contributed by atoms with van der Waals surface area (Å²) >= 11 is 0. The summed E-state index contributed by atoms with van der Waals surface area (Å²) in [5.74, 6) is -0.137. The van der Waals surface area contributed by atoms with Crippen molar-refractivity contribution in [2.45, 2.75) is 97.5 Å². The van der Waals surface area contributed by atoms with Gasteiger partial charge in [-0.25, -0.2) is 4.79 Å². The van der Waals surface area contributed by atoms with Crippen molar-refractivity contribution in [3.8, 4) is 0 Å². The Labute approximate surface area is 149 Å². The maximum Gasteiger partial charge on any atom is 0.338 e. The number of ether oxygens (including phenoxy) is 1. The smallest absolute Gasteiger partial charge is 0.338 e. The second kappa shape index (κ2) is 13.0. The lowest BCUT2D eigenvalue weighted by molar-refractivity contribution is 0.0248. The van der Waals surface area contributed by atoms with Crippen molar-refractivity contribution < 1.29 is 9.53 Å². The minimum Gasteiger partial charge on any atom is -0.459 e. The van der Waals surface area contributed by atoms with Crippen LogP contribution in [0, 0.1) is 0 Å². The molecule has 0 spiro atoms. The van der Waals surface area contributed by atoms with Gasteiger partial charge in [0.05, 0.1) is 5.56 Å². The van der Waals surface area contributed by atoms with Crippen LogP contribution < -0.4 is 0 Å². The largest absolute Gasteiger partial charge is 0.459 e. The zero-order valence-electron chi connectivity index (χ0n) is 16.0. The van der Waals surface area contributed by atoms with Crippen LogP contribution in [0.3, 0.4) is 0 Å². The van der Waals surface area contributed by atoms with Gasteiger partial charge < -0.3 is 4.74 Å². The van der Waals surface area contributed by atoms with Gasteiger partial charge in [-0.2, -0.15) is 0 Å². The number of aryl methyl sites for hydroxylation is 1. The van der Waals surface area contributed by atoms with Crippen molar-refractivity contribution >= 4 is 5.97 Å². The molecule has 2 heteroatoms. The molecule has 2 nitrogen and oxygen atoms in total. The molecular weight excluding hydrogens is 296 g/mol. The van der Waals surface area contributed by atoms with Crippen molar-refractivity contribution in [2.24, 2.45) is 0 Å². The molecular formula is C22H36O2. The van der Waals surface area contributed by atoms with Gasteiger partial charge in [-0.1, -0.05) is 77.5 Å². The Morgan fingerprint density at radius 1 is 0.875 bits per heavy atom. The highest BCUT2D eigenvalue weighted by atomic mass is 16.5. The summed E-state index contributed by atoms with van der Waals surface area (Å²) in [6, 6.07) is 7.83. The van der Waals surface area contributed by atoms with E-state index in [0.717, 1.165) is 36.8 Å². The van der Waals surface area contributed by atoms with Gasteiger partial charge in [0.1, 0.15) is 6.10 Å². The fourth-order valence-corrected chi connectivity index (χ4v) is 3.10. The van der Waals surface area contributed by atoms with Gasteiger partial charge in [-0.3, -0.25) is 0 Å². The Morgan fingerprint density at radius 3 is 2.12 bits per heavy atom. The fraction of sp³-hybridized carbons (Fsp3) is 0.682. The van der Waals surface area contributed by atoms with E-state index in [-0.39, 0.29) is 12.1 Å². The van der Waals surface area contributed by atoms with Crippen molar-refractivity contribution in [2.75, 3.05) is 0 Å². The molecule has 0 radical (unpaired) electrons. The first-order valence-electron chi connectivity index (χ1n) is 10.0. The first-order valence-corrected chi connectivity index (χ1v) is 10.0. The van der Waals surface area contributed by atoms with Crippen LogP contribution in [0.5, 0.6) is 0 Å². The van der Waals surface area contributed by atoms with Gasteiger partial charge in [0, 0.05) is 0 Å². The lowest BCUT2D eigenvalue weighted by atomic mass is 10.0. The zero-order chi connectivity index (χ0) is 17.6. The van der Waals surface area contributed by atoms with Gasteiger partial charge >= 0.3 is 5.97 Å². The van der Waals surface area contributed by atoms with E-state index in [2.05, 4.69) is 20.8 Å². The summed E-state index contributed by atoms with van der Waals surface area (Å²) in [6.07, 6.45) is 12.8. The minimum absolute atomic E-state index is 0.0792. The van der Waals surface area contributed by atoms with E-state index in [0.29, 0.717) is 0 Å². The third kappa shape index (κ3) is 7.99. The molecule has 0 fully saturated rings. The summed E-state index contributed by atoms with van der Waals surface area (Å²) in [7, 11) is 0. The molecule has 24 heavy (non-hydrogen) atoms. The molecule has 0 saturated heterocycles. The molecule has 0 aliphatic heterocycles. The normalized spacial score (nSPS) is 12.1. The van der Waals surface area contributed by atoms with Crippen LogP contribution in [0.2, 0.25) is 0 Å². The van der Waals surface area contributed by atoms with Crippen molar-refractivity contribution in [3.63, 3.8) is 0 Å². The molecule has 0 aliphatic carbocycles. The van der Waals surface area contributed by atoms with E-state index in [4.69, 9.17) is 4.74 Å². The van der Waals surface area contributed by atoms with E-state index < -0.39 is 0 Å². The monoisotopic (exact) mass is 332 g/mol. The van der Waals surface area contributed by atoms with Gasteiger partial charge in [-0.05, 0) is 43.7 Å². The summed E-state index contributed by atoms with van der Waals surface area (Å²) in [5.41, 5.74) is 1.82. The molecule has 1 atom stereocenters. The molecule has 1 aromatic rings. The Bertz CT molecular complexity index is 453. The second-order valence-corrected chi connectivity index (χ2v) is 6.74. The molecule has 0 amide bonds. The van der Waals surface area contributed by atoms with E-state index in [1.54, 1.807) is 0 Å². The highest BCUT2D eigenvalue weighted by Gasteiger charge is 2.17. The first-order chi connectivity index (χ1) is 11.7. The van der Waals surface area contributed by atoms with E-state index in [1.807, 2.05) is 24.3 Å². The third-order valence-corrected chi connectivity index (χ3v) is 4.65. The molecule has 0 heterocycles. The molecule has 1 unspecified atom stereocenters. The standard InChI is InChI=1S/C22H36O2/c1-4-7-9-10-12-17-20(16-11-8-5-2)24-22(23)21-18-14-13-15-19(21)6-3/h13-15,18,20H,4-12,16-17H2,1-3H3. The zero-order valence-corrected chi connectivity index (χ0v) is 16.0. The number of unbranched alkanes of at least 4 members (excludes halogenated alkanes) is 6. The summed E-state index contributed by atoms with van der Waals surface area (Å²) in [6.45, 7) is 6.53. The summed E-state index contributed by atoms with van der Waals surface area (Å²) in [4.78, 5) is 12.6. The van der Waals surface area contributed by atoms with Gasteiger partial charge in [0.15, 0.2) is 0 Å². The van der Waals surface area contributed by atoms with Crippen molar-refractivity contribution in [3.05, 3.63) is 35.4 Å². The van der Waals surface area contributed by atoms with Gasteiger partial charge in [-0.15, -0.1) is 0 Å². The Kier molecular flexibility index (Phi) is 11.3. The van der Waals surface area contributed by atoms with Crippen LogP contribution in [-0.2, 0) is 11.2 Å². The van der Waals surface area contributed by atoms with Crippen LogP contribution in [0.15, 0.2) is 24.3 Å². The summed E-state index contributed by atoms with van der Waals surface area (Å²) < 4.78 is 5.89. The number of hydrogen-bond acceptors (Lipinski definition) is 2. The first kappa shape index (κ1) is 20.7. The Balaban J connectivity index is 2.56. The highest BCUT2D eigenvalue weighted by molar-refractivity contribution is 5.91.